The van der Waals surface area contributed by atoms with Crippen LogP contribution in [0.3, 0.4) is 0 Å². The van der Waals surface area contributed by atoms with Gasteiger partial charge in [0.15, 0.2) is 0 Å². The lowest BCUT2D eigenvalue weighted by atomic mass is 9.90. The van der Waals surface area contributed by atoms with Crippen molar-refractivity contribution >= 4 is 5.91 Å². The third-order valence-corrected chi connectivity index (χ3v) is 6.95. The Labute approximate surface area is 198 Å². The highest BCUT2D eigenvalue weighted by Crippen LogP contribution is 2.23. The maximum absolute atomic E-state index is 12.8. The molecule has 1 aliphatic rings. The molecule has 1 saturated heterocycles. The van der Waals surface area contributed by atoms with Gasteiger partial charge in [0.2, 0.25) is 0 Å². The third-order valence-electron chi connectivity index (χ3n) is 6.95. The van der Waals surface area contributed by atoms with Gasteiger partial charge in [0, 0.05) is 12.1 Å². The molecule has 0 radical (unpaired) electrons. The van der Waals surface area contributed by atoms with E-state index in [2.05, 4.69) is 91.7 Å². The first-order valence-corrected chi connectivity index (χ1v) is 12.2. The highest BCUT2D eigenvalue weighted by atomic mass is 16.1. The van der Waals surface area contributed by atoms with Crippen LogP contribution in [0.1, 0.15) is 64.0 Å². The van der Waals surface area contributed by atoms with Crippen LogP contribution >= 0.6 is 0 Å². The van der Waals surface area contributed by atoms with E-state index in [1.807, 2.05) is 12.1 Å². The Bertz CT molecular complexity index is 1050. The fraction of sp³-hybridized carbons (Fsp3) is 0.367. The Morgan fingerprint density at radius 2 is 1.64 bits per heavy atom. The first kappa shape index (κ1) is 23.3. The van der Waals surface area contributed by atoms with E-state index in [9.17, 15) is 4.79 Å². The summed E-state index contributed by atoms with van der Waals surface area (Å²) in [7, 11) is 0. The van der Waals surface area contributed by atoms with Gasteiger partial charge in [0.05, 0.1) is 6.04 Å². The van der Waals surface area contributed by atoms with Gasteiger partial charge in [-0.05, 0) is 93.4 Å². The first-order valence-electron chi connectivity index (χ1n) is 12.2. The van der Waals surface area contributed by atoms with Gasteiger partial charge in [-0.2, -0.15) is 0 Å². The van der Waals surface area contributed by atoms with Gasteiger partial charge in [-0.3, -0.25) is 9.69 Å². The number of aryl methyl sites for hydroxylation is 2. The van der Waals surface area contributed by atoms with Crippen molar-refractivity contribution in [3.05, 3.63) is 106 Å². The Hall–Kier alpha value is -2.91. The zero-order valence-corrected chi connectivity index (χ0v) is 20.2. The van der Waals surface area contributed by atoms with Crippen molar-refractivity contribution in [3.63, 3.8) is 0 Å². The third kappa shape index (κ3) is 6.33. The second-order valence-corrected chi connectivity index (χ2v) is 9.66. The molecule has 0 saturated carbocycles. The molecule has 0 aromatic heterocycles. The number of hydrogen-bond acceptors (Lipinski definition) is 2. The summed E-state index contributed by atoms with van der Waals surface area (Å²) in [4.78, 5) is 15.3. The molecule has 33 heavy (non-hydrogen) atoms. The summed E-state index contributed by atoms with van der Waals surface area (Å²) in [6, 6.07) is 25.3. The smallest absolute Gasteiger partial charge is 0.251 e. The van der Waals surface area contributed by atoms with E-state index in [1.165, 1.54) is 47.1 Å². The van der Waals surface area contributed by atoms with Gasteiger partial charge in [0.25, 0.3) is 5.91 Å². The van der Waals surface area contributed by atoms with Crippen LogP contribution in [0, 0.1) is 19.8 Å². The molecule has 0 unspecified atom stereocenters. The zero-order valence-electron chi connectivity index (χ0n) is 20.2. The number of rotatable bonds is 7. The molecule has 1 atom stereocenters. The Morgan fingerprint density at radius 3 is 2.33 bits per heavy atom. The Balaban J connectivity index is 1.27. The number of likely N-dealkylation sites (tertiary alicyclic amines) is 1. The quantitative estimate of drug-likeness (QED) is 0.471. The number of carbonyl (C=O) groups excluding carboxylic acids is 1. The van der Waals surface area contributed by atoms with Gasteiger partial charge < -0.3 is 5.32 Å². The lowest BCUT2D eigenvalue weighted by molar-refractivity contribution is 0.0939. The highest BCUT2D eigenvalue weighted by molar-refractivity contribution is 5.94. The second-order valence-electron chi connectivity index (χ2n) is 9.66. The second kappa shape index (κ2) is 10.8. The maximum Gasteiger partial charge on any atom is 0.251 e. The predicted octanol–water partition coefficient (Wildman–Crippen LogP) is 6.25. The number of piperidine rings is 1. The minimum Gasteiger partial charge on any atom is -0.346 e. The molecule has 172 valence electrons. The fourth-order valence-electron chi connectivity index (χ4n) is 4.90. The van der Waals surface area contributed by atoms with Gasteiger partial charge in [-0.1, -0.05) is 66.2 Å². The van der Waals surface area contributed by atoms with Crippen molar-refractivity contribution in [1.82, 2.24) is 10.2 Å². The maximum atomic E-state index is 12.8. The first-order chi connectivity index (χ1) is 16.0. The summed E-state index contributed by atoms with van der Waals surface area (Å²) in [6.45, 7) is 9.48. The number of carbonyl (C=O) groups is 1. The van der Waals surface area contributed by atoms with E-state index in [0.29, 0.717) is 0 Å². The van der Waals surface area contributed by atoms with Crippen LogP contribution in [0.15, 0.2) is 72.8 Å². The summed E-state index contributed by atoms with van der Waals surface area (Å²) >= 11 is 0. The molecule has 1 heterocycles. The van der Waals surface area contributed by atoms with Crippen molar-refractivity contribution < 1.29 is 4.79 Å². The predicted molar refractivity (Wildman–Crippen MR) is 136 cm³/mol. The van der Waals surface area contributed by atoms with Crippen molar-refractivity contribution in [3.8, 4) is 0 Å². The summed E-state index contributed by atoms with van der Waals surface area (Å²) in [6.07, 6.45) is 3.70. The minimum atomic E-state index is -0.0192. The largest absolute Gasteiger partial charge is 0.346 e. The normalized spacial score (nSPS) is 15.8. The number of amides is 1. The molecule has 3 nitrogen and oxygen atoms in total. The van der Waals surface area contributed by atoms with Gasteiger partial charge >= 0.3 is 0 Å². The Morgan fingerprint density at radius 1 is 0.939 bits per heavy atom. The van der Waals surface area contributed by atoms with Gasteiger partial charge in [-0.25, -0.2) is 0 Å². The molecule has 3 heteroatoms. The molecule has 0 aliphatic carbocycles. The molecular weight excluding hydrogens is 404 g/mol. The van der Waals surface area contributed by atoms with E-state index in [1.54, 1.807) is 0 Å². The van der Waals surface area contributed by atoms with E-state index in [0.717, 1.165) is 31.1 Å². The topological polar surface area (TPSA) is 32.3 Å². The molecule has 1 aliphatic heterocycles. The summed E-state index contributed by atoms with van der Waals surface area (Å²) in [5, 5.41) is 3.16. The average Bonchev–Trinajstić information content (AvgIpc) is 2.83. The van der Waals surface area contributed by atoms with Crippen LogP contribution in [0.5, 0.6) is 0 Å². The van der Waals surface area contributed by atoms with Crippen molar-refractivity contribution in [2.45, 2.75) is 52.6 Å². The Kier molecular flexibility index (Phi) is 7.61. The van der Waals surface area contributed by atoms with E-state index < -0.39 is 0 Å². The monoisotopic (exact) mass is 440 g/mol. The van der Waals surface area contributed by atoms with E-state index in [-0.39, 0.29) is 11.9 Å². The van der Waals surface area contributed by atoms with Crippen LogP contribution in [0.2, 0.25) is 0 Å². The molecule has 0 spiro atoms. The van der Waals surface area contributed by atoms with Gasteiger partial charge in [0.1, 0.15) is 0 Å². The van der Waals surface area contributed by atoms with Crippen LogP contribution in [0.25, 0.3) is 0 Å². The lowest BCUT2D eigenvalue weighted by Crippen LogP contribution is -2.33. The number of hydrogen-bond donors (Lipinski definition) is 1. The number of nitrogens with one attached hydrogen (secondary N) is 1. The summed E-state index contributed by atoms with van der Waals surface area (Å²) < 4.78 is 0. The fourth-order valence-corrected chi connectivity index (χ4v) is 4.90. The lowest BCUT2D eigenvalue weighted by Gasteiger charge is -2.32. The highest BCUT2D eigenvalue weighted by Gasteiger charge is 2.20. The standard InChI is InChI=1S/C30H36N2O/c1-22-9-10-23(2)29(19-22)24(3)31-30(33)28-13-11-27(12-14-28)21-32-17-15-26(16-18-32)20-25-7-5-4-6-8-25/h4-14,19,24,26H,15-18,20-21H2,1-3H3,(H,31,33)/t24-/m0/s1. The minimum absolute atomic E-state index is 0.0170. The van der Waals surface area contributed by atoms with Crippen LogP contribution in [-0.4, -0.2) is 23.9 Å². The van der Waals surface area contributed by atoms with E-state index in [4.69, 9.17) is 0 Å². The molecule has 3 aromatic rings. The SMILES string of the molecule is Cc1ccc(C)c([C@H](C)NC(=O)c2ccc(CN3CCC(Cc4ccccc4)CC3)cc2)c1. The molecule has 4 rings (SSSR count). The molecular formula is C30H36N2O. The molecule has 1 N–H and O–H groups in total. The van der Waals surface area contributed by atoms with Gasteiger partial charge in [-0.15, -0.1) is 0 Å². The molecule has 1 amide bonds. The van der Waals surface area contributed by atoms with Crippen LogP contribution in [-0.2, 0) is 13.0 Å². The van der Waals surface area contributed by atoms with Crippen LogP contribution < -0.4 is 5.32 Å². The summed E-state index contributed by atoms with van der Waals surface area (Å²) in [5.41, 5.74) is 7.04. The van der Waals surface area contributed by atoms with Crippen molar-refractivity contribution in [2.75, 3.05) is 13.1 Å². The van der Waals surface area contributed by atoms with E-state index >= 15 is 0 Å². The van der Waals surface area contributed by atoms with Crippen LogP contribution in [0.4, 0.5) is 0 Å². The number of nitrogens with zero attached hydrogens (tertiary/aromatic N) is 1. The molecule has 0 bridgehead atoms. The molecule has 3 aromatic carbocycles. The van der Waals surface area contributed by atoms with Crippen molar-refractivity contribution in [2.24, 2.45) is 5.92 Å². The zero-order chi connectivity index (χ0) is 23.2. The summed E-state index contributed by atoms with van der Waals surface area (Å²) in [5.74, 6) is 0.769. The molecule has 1 fully saturated rings. The average molecular weight is 441 g/mol. The number of benzene rings is 3. The van der Waals surface area contributed by atoms with Crippen molar-refractivity contribution in [1.29, 1.82) is 0 Å².